The van der Waals surface area contributed by atoms with E-state index in [2.05, 4.69) is 5.32 Å². The van der Waals surface area contributed by atoms with E-state index in [1.165, 1.54) is 12.1 Å². The number of nitrogens with one attached hydrogen (secondary N) is 1. The maximum absolute atomic E-state index is 12.5. The Labute approximate surface area is 157 Å². The Morgan fingerprint density at radius 3 is 2.56 bits per heavy atom. The molecule has 1 aromatic rings. The molecule has 1 aromatic carbocycles. The number of carbonyl (C=O) groups excluding carboxylic acids is 3. The third-order valence-electron chi connectivity index (χ3n) is 4.14. The summed E-state index contributed by atoms with van der Waals surface area (Å²) in [5, 5.41) is 3.26. The van der Waals surface area contributed by atoms with Crippen LogP contribution in [0.15, 0.2) is 18.2 Å². The standard InChI is InChI=1S/C18H21Cl2NO4/c1-10(2)16(18(24)25-15-6-4-3-5-14(15)22)21-17(23)12-8-7-11(19)9-13(12)20/h7-10,15-16H,3-6H2,1-2H3,(H,21,23)/t15-,16+/m1/s1. The average molecular weight is 386 g/mol. The Kier molecular flexibility index (Phi) is 6.85. The molecular weight excluding hydrogens is 365 g/mol. The second-order valence-electron chi connectivity index (χ2n) is 6.46. The lowest BCUT2D eigenvalue weighted by atomic mass is 9.96. The van der Waals surface area contributed by atoms with Crippen LogP contribution in [0.5, 0.6) is 0 Å². The molecule has 2 rings (SSSR count). The van der Waals surface area contributed by atoms with Crippen molar-refractivity contribution in [2.75, 3.05) is 0 Å². The van der Waals surface area contributed by atoms with E-state index in [-0.39, 0.29) is 22.3 Å². The molecule has 1 fully saturated rings. The minimum absolute atomic E-state index is 0.0609. The molecule has 0 aliphatic heterocycles. The summed E-state index contributed by atoms with van der Waals surface area (Å²) in [6.45, 7) is 3.58. The van der Waals surface area contributed by atoms with E-state index >= 15 is 0 Å². The lowest BCUT2D eigenvalue weighted by Gasteiger charge is -2.26. The van der Waals surface area contributed by atoms with Crippen molar-refractivity contribution in [3.8, 4) is 0 Å². The van der Waals surface area contributed by atoms with Crippen LogP contribution in [0.1, 0.15) is 49.9 Å². The summed E-state index contributed by atoms with van der Waals surface area (Å²) in [6, 6.07) is 3.63. The van der Waals surface area contributed by atoms with E-state index in [9.17, 15) is 14.4 Å². The number of halogens is 2. The molecule has 1 saturated carbocycles. The van der Waals surface area contributed by atoms with Crippen LogP contribution in [0.2, 0.25) is 10.0 Å². The minimum Gasteiger partial charge on any atom is -0.453 e. The summed E-state index contributed by atoms with van der Waals surface area (Å²) in [7, 11) is 0. The molecule has 0 saturated heterocycles. The second kappa shape index (κ2) is 8.68. The van der Waals surface area contributed by atoms with E-state index in [0.29, 0.717) is 17.9 Å². The van der Waals surface area contributed by atoms with Gasteiger partial charge < -0.3 is 10.1 Å². The molecule has 1 amide bonds. The molecular formula is C18H21Cl2NO4. The Balaban J connectivity index is 2.07. The summed E-state index contributed by atoms with van der Waals surface area (Å²) in [4.78, 5) is 36.7. The lowest BCUT2D eigenvalue weighted by Crippen LogP contribution is -2.47. The largest absolute Gasteiger partial charge is 0.453 e. The van der Waals surface area contributed by atoms with Crippen LogP contribution in [0.3, 0.4) is 0 Å². The molecule has 0 unspecified atom stereocenters. The summed E-state index contributed by atoms with van der Waals surface area (Å²) in [5.41, 5.74) is 0.221. The van der Waals surface area contributed by atoms with Crippen LogP contribution < -0.4 is 5.32 Å². The normalized spacial score (nSPS) is 18.8. The predicted molar refractivity (Wildman–Crippen MR) is 95.9 cm³/mol. The number of esters is 1. The number of benzene rings is 1. The van der Waals surface area contributed by atoms with E-state index in [4.69, 9.17) is 27.9 Å². The molecule has 25 heavy (non-hydrogen) atoms. The third-order valence-corrected chi connectivity index (χ3v) is 4.69. The number of ether oxygens (including phenoxy) is 1. The van der Waals surface area contributed by atoms with Crippen LogP contribution >= 0.6 is 23.2 Å². The highest BCUT2D eigenvalue weighted by Crippen LogP contribution is 2.22. The molecule has 0 spiro atoms. The highest BCUT2D eigenvalue weighted by Gasteiger charge is 2.32. The molecule has 1 aliphatic carbocycles. The predicted octanol–water partition coefficient (Wildman–Crippen LogP) is 3.80. The first-order valence-corrected chi connectivity index (χ1v) is 9.04. The second-order valence-corrected chi connectivity index (χ2v) is 7.30. The van der Waals surface area contributed by atoms with Crippen LogP contribution in [-0.4, -0.2) is 29.8 Å². The zero-order chi connectivity index (χ0) is 18.6. The zero-order valence-electron chi connectivity index (χ0n) is 14.2. The maximum Gasteiger partial charge on any atom is 0.329 e. The van der Waals surface area contributed by atoms with Gasteiger partial charge in [0.2, 0.25) is 0 Å². The smallest absolute Gasteiger partial charge is 0.329 e. The van der Waals surface area contributed by atoms with Gasteiger partial charge in [-0.05, 0) is 43.4 Å². The topological polar surface area (TPSA) is 72.5 Å². The molecule has 0 heterocycles. The molecule has 0 bridgehead atoms. The van der Waals surface area contributed by atoms with Gasteiger partial charge in [-0.25, -0.2) is 4.79 Å². The molecule has 136 valence electrons. The van der Waals surface area contributed by atoms with Crippen molar-refractivity contribution in [3.63, 3.8) is 0 Å². The molecule has 0 radical (unpaired) electrons. The first-order valence-electron chi connectivity index (χ1n) is 8.28. The van der Waals surface area contributed by atoms with Crippen molar-refractivity contribution in [1.29, 1.82) is 0 Å². The van der Waals surface area contributed by atoms with Crippen molar-refractivity contribution in [3.05, 3.63) is 33.8 Å². The first-order chi connectivity index (χ1) is 11.8. The van der Waals surface area contributed by atoms with Crippen molar-refractivity contribution in [2.24, 2.45) is 5.92 Å². The molecule has 0 aromatic heterocycles. The van der Waals surface area contributed by atoms with E-state index in [0.717, 1.165) is 12.8 Å². The number of hydrogen-bond acceptors (Lipinski definition) is 4. The maximum atomic E-state index is 12.5. The van der Waals surface area contributed by atoms with Crippen LogP contribution in [0.4, 0.5) is 0 Å². The number of carbonyl (C=O) groups is 3. The van der Waals surface area contributed by atoms with E-state index in [1.807, 2.05) is 0 Å². The van der Waals surface area contributed by atoms with Gasteiger partial charge >= 0.3 is 5.97 Å². The highest BCUT2D eigenvalue weighted by atomic mass is 35.5. The van der Waals surface area contributed by atoms with Crippen molar-refractivity contribution >= 4 is 40.9 Å². The fraction of sp³-hybridized carbons (Fsp3) is 0.500. The van der Waals surface area contributed by atoms with E-state index in [1.54, 1.807) is 19.9 Å². The van der Waals surface area contributed by atoms with Crippen LogP contribution in [0.25, 0.3) is 0 Å². The van der Waals surface area contributed by atoms with Crippen LogP contribution in [-0.2, 0) is 14.3 Å². The van der Waals surface area contributed by atoms with Gasteiger partial charge in [-0.2, -0.15) is 0 Å². The number of rotatable bonds is 5. The first kappa shape index (κ1) is 19.7. The van der Waals surface area contributed by atoms with E-state index < -0.39 is 24.0 Å². The number of hydrogen-bond donors (Lipinski definition) is 1. The molecule has 1 aliphatic rings. The van der Waals surface area contributed by atoms with Crippen molar-refractivity contribution < 1.29 is 19.1 Å². The van der Waals surface area contributed by atoms with Gasteiger partial charge in [0.25, 0.3) is 5.91 Å². The summed E-state index contributed by atoms with van der Waals surface area (Å²) >= 11 is 11.9. The third kappa shape index (κ3) is 5.19. The molecule has 2 atom stereocenters. The lowest BCUT2D eigenvalue weighted by molar-refractivity contribution is -0.159. The monoisotopic (exact) mass is 385 g/mol. The Hall–Kier alpha value is -1.59. The highest BCUT2D eigenvalue weighted by molar-refractivity contribution is 6.36. The van der Waals surface area contributed by atoms with Gasteiger partial charge in [0.15, 0.2) is 11.9 Å². The zero-order valence-corrected chi connectivity index (χ0v) is 15.7. The number of amides is 1. The summed E-state index contributed by atoms with van der Waals surface area (Å²) in [5.74, 6) is -1.36. The Bertz CT molecular complexity index is 675. The van der Waals surface area contributed by atoms with Gasteiger partial charge in [-0.15, -0.1) is 0 Å². The van der Waals surface area contributed by atoms with Gasteiger partial charge in [0.1, 0.15) is 6.04 Å². The summed E-state index contributed by atoms with van der Waals surface area (Å²) < 4.78 is 5.36. The fourth-order valence-corrected chi connectivity index (χ4v) is 3.17. The van der Waals surface area contributed by atoms with Gasteiger partial charge in [0.05, 0.1) is 10.6 Å². The van der Waals surface area contributed by atoms with Gasteiger partial charge in [-0.1, -0.05) is 37.0 Å². The van der Waals surface area contributed by atoms with Gasteiger partial charge in [-0.3, -0.25) is 9.59 Å². The fourth-order valence-electron chi connectivity index (χ4n) is 2.68. The van der Waals surface area contributed by atoms with Gasteiger partial charge in [0, 0.05) is 11.4 Å². The minimum atomic E-state index is -0.867. The average Bonchev–Trinajstić information content (AvgIpc) is 2.54. The summed E-state index contributed by atoms with van der Waals surface area (Å²) in [6.07, 6.45) is 1.93. The SMILES string of the molecule is CC(C)[C@H](NC(=O)c1ccc(Cl)cc1Cl)C(=O)O[C@@H]1CCCCC1=O. The molecule has 5 nitrogen and oxygen atoms in total. The number of Topliss-reactive ketones (excluding diaryl/α,β-unsaturated/α-hetero) is 1. The molecule has 7 heteroatoms. The Morgan fingerprint density at radius 1 is 1.24 bits per heavy atom. The molecule has 1 N–H and O–H groups in total. The number of ketones is 1. The quantitative estimate of drug-likeness (QED) is 0.782. The van der Waals surface area contributed by atoms with Crippen molar-refractivity contribution in [2.45, 2.75) is 51.7 Å². The Morgan fingerprint density at radius 2 is 1.96 bits per heavy atom. The van der Waals surface area contributed by atoms with Crippen LogP contribution in [0, 0.1) is 5.92 Å². The van der Waals surface area contributed by atoms with Crippen molar-refractivity contribution in [1.82, 2.24) is 5.32 Å².